The molecule has 1 aliphatic rings. The van der Waals surface area contributed by atoms with Gasteiger partial charge in [0.25, 0.3) is 10.1 Å². The molecule has 0 amide bonds. The fourth-order valence-electron chi connectivity index (χ4n) is 2.33. The average Bonchev–Trinajstić information content (AvgIpc) is 2.02. The zero-order chi connectivity index (χ0) is 10.9. The minimum atomic E-state index is -3.84. The number of rotatable bonds is 2. The normalized spacial score (nSPS) is 32.5. The van der Waals surface area contributed by atoms with Crippen LogP contribution in [0.5, 0.6) is 0 Å². The third-order valence-electron chi connectivity index (χ3n) is 3.49. The Morgan fingerprint density at radius 1 is 1.33 bits per heavy atom. The summed E-state index contributed by atoms with van der Waals surface area (Å²) in [5.41, 5.74) is 0. The van der Waals surface area contributed by atoms with E-state index in [0.29, 0.717) is 18.3 Å². The molecule has 3 unspecified atom stereocenters. The molecular weight excluding hydrogens is 223 g/mol. The summed E-state index contributed by atoms with van der Waals surface area (Å²) in [6, 6.07) is 0. The largest absolute Gasteiger partial charge is 1.00 e. The van der Waals surface area contributed by atoms with Crippen molar-refractivity contribution in [1.82, 2.24) is 0 Å². The van der Waals surface area contributed by atoms with Gasteiger partial charge in [0.2, 0.25) is 0 Å². The first kappa shape index (κ1) is 15.9. The van der Waals surface area contributed by atoms with E-state index in [1.54, 1.807) is 0 Å². The van der Waals surface area contributed by atoms with Gasteiger partial charge >= 0.3 is 29.6 Å². The fourth-order valence-corrected chi connectivity index (χ4v) is 3.55. The third-order valence-corrected chi connectivity index (χ3v) is 4.91. The van der Waals surface area contributed by atoms with Gasteiger partial charge in [0.15, 0.2) is 0 Å². The molecular formula is C10H21NaO3S. The monoisotopic (exact) mass is 244 g/mol. The molecule has 1 rings (SSSR count). The Kier molecular flexibility index (Phi) is 6.37. The van der Waals surface area contributed by atoms with Gasteiger partial charge in [0, 0.05) is 0 Å². The van der Waals surface area contributed by atoms with E-state index in [1.807, 2.05) is 6.92 Å². The van der Waals surface area contributed by atoms with Crippen LogP contribution in [-0.2, 0) is 10.1 Å². The summed E-state index contributed by atoms with van der Waals surface area (Å²) in [4.78, 5) is 0. The predicted octanol–water partition coefficient (Wildman–Crippen LogP) is -0.548. The summed E-state index contributed by atoms with van der Waals surface area (Å²) in [5.74, 6) is 1.05. The van der Waals surface area contributed by atoms with E-state index in [0.717, 1.165) is 12.8 Å². The molecule has 86 valence electrons. The first-order valence-corrected chi connectivity index (χ1v) is 6.79. The summed E-state index contributed by atoms with van der Waals surface area (Å²) < 4.78 is 31.3. The summed E-state index contributed by atoms with van der Waals surface area (Å²) in [6.45, 7) is 6.14. The Morgan fingerprint density at radius 2 is 1.87 bits per heavy atom. The van der Waals surface area contributed by atoms with Gasteiger partial charge in [-0.2, -0.15) is 8.42 Å². The van der Waals surface area contributed by atoms with Gasteiger partial charge in [0.05, 0.1) is 5.25 Å². The SMILES string of the molecule is CC(C)C1CCC(C)C(S(=O)(=O)O)C1.[H-].[Na+]. The maximum absolute atomic E-state index is 11.1. The van der Waals surface area contributed by atoms with Gasteiger partial charge in [0.1, 0.15) is 0 Å². The first-order chi connectivity index (χ1) is 6.32. The second-order valence-corrected chi connectivity index (χ2v) is 6.48. The van der Waals surface area contributed by atoms with Crippen LogP contribution in [-0.4, -0.2) is 18.2 Å². The van der Waals surface area contributed by atoms with E-state index in [4.69, 9.17) is 4.55 Å². The second-order valence-electron chi connectivity index (χ2n) is 4.85. The summed E-state index contributed by atoms with van der Waals surface area (Å²) >= 11 is 0. The summed E-state index contributed by atoms with van der Waals surface area (Å²) in [5, 5.41) is -0.538. The molecule has 1 aliphatic carbocycles. The zero-order valence-electron chi connectivity index (χ0n) is 11.1. The van der Waals surface area contributed by atoms with Crippen LogP contribution in [0.2, 0.25) is 0 Å². The second kappa shape index (κ2) is 6.01. The van der Waals surface area contributed by atoms with Gasteiger partial charge in [-0.05, 0) is 37.0 Å². The van der Waals surface area contributed by atoms with Crippen LogP contribution in [0.4, 0.5) is 0 Å². The molecule has 1 N–H and O–H groups in total. The van der Waals surface area contributed by atoms with Crippen molar-refractivity contribution in [3.05, 3.63) is 0 Å². The van der Waals surface area contributed by atoms with Crippen molar-refractivity contribution >= 4 is 10.1 Å². The molecule has 0 aromatic rings. The molecule has 0 saturated heterocycles. The average molecular weight is 244 g/mol. The minimum Gasteiger partial charge on any atom is -1.00 e. The van der Waals surface area contributed by atoms with Crippen LogP contribution in [0.1, 0.15) is 41.5 Å². The van der Waals surface area contributed by atoms with Gasteiger partial charge < -0.3 is 1.43 Å². The van der Waals surface area contributed by atoms with Crippen molar-refractivity contribution in [2.75, 3.05) is 0 Å². The molecule has 0 bridgehead atoms. The van der Waals surface area contributed by atoms with Crippen molar-refractivity contribution < 1.29 is 44.0 Å². The van der Waals surface area contributed by atoms with E-state index in [9.17, 15) is 8.42 Å². The first-order valence-electron chi connectivity index (χ1n) is 5.28. The van der Waals surface area contributed by atoms with Crippen molar-refractivity contribution in [2.45, 2.75) is 45.3 Å². The van der Waals surface area contributed by atoms with Gasteiger partial charge in [-0.3, -0.25) is 4.55 Å². The van der Waals surface area contributed by atoms with Gasteiger partial charge in [-0.1, -0.05) is 20.8 Å². The molecule has 0 aromatic carbocycles. The smallest absolute Gasteiger partial charge is 1.00 e. The molecule has 3 atom stereocenters. The van der Waals surface area contributed by atoms with Crippen LogP contribution in [0, 0.1) is 17.8 Å². The Labute approximate surface area is 117 Å². The fraction of sp³-hybridized carbons (Fsp3) is 1.00. The molecule has 0 aromatic heterocycles. The van der Waals surface area contributed by atoms with Crippen molar-refractivity contribution in [2.24, 2.45) is 17.8 Å². The summed E-state index contributed by atoms with van der Waals surface area (Å²) in [6.07, 6.45) is 2.62. The molecule has 1 fully saturated rings. The third kappa shape index (κ3) is 4.35. The van der Waals surface area contributed by atoms with Crippen molar-refractivity contribution in [3.8, 4) is 0 Å². The molecule has 5 heteroatoms. The Hall–Kier alpha value is 0.910. The number of hydrogen-bond donors (Lipinski definition) is 1. The van der Waals surface area contributed by atoms with E-state index in [2.05, 4.69) is 13.8 Å². The summed E-state index contributed by atoms with van der Waals surface area (Å²) in [7, 11) is -3.84. The molecule has 0 aliphatic heterocycles. The Morgan fingerprint density at radius 3 is 2.27 bits per heavy atom. The predicted molar refractivity (Wildman–Crippen MR) is 57.8 cm³/mol. The van der Waals surface area contributed by atoms with E-state index in [-0.39, 0.29) is 36.9 Å². The van der Waals surface area contributed by atoms with Crippen LogP contribution in [0.25, 0.3) is 0 Å². The minimum absolute atomic E-state index is 0. The Balaban J connectivity index is 0. The van der Waals surface area contributed by atoms with Crippen LogP contribution in [0.15, 0.2) is 0 Å². The van der Waals surface area contributed by atoms with Crippen LogP contribution in [0.3, 0.4) is 0 Å². The van der Waals surface area contributed by atoms with E-state index < -0.39 is 15.4 Å². The molecule has 0 heterocycles. The van der Waals surface area contributed by atoms with Crippen LogP contribution >= 0.6 is 0 Å². The molecule has 0 radical (unpaired) electrons. The van der Waals surface area contributed by atoms with Crippen LogP contribution < -0.4 is 29.6 Å². The Bertz CT molecular complexity index is 292. The number of hydrogen-bond acceptors (Lipinski definition) is 2. The molecule has 3 nitrogen and oxygen atoms in total. The maximum atomic E-state index is 11.1. The van der Waals surface area contributed by atoms with E-state index >= 15 is 0 Å². The van der Waals surface area contributed by atoms with E-state index in [1.165, 1.54) is 0 Å². The topological polar surface area (TPSA) is 54.4 Å². The maximum Gasteiger partial charge on any atom is 1.00 e. The molecule has 0 spiro atoms. The molecule has 1 saturated carbocycles. The van der Waals surface area contributed by atoms with Crippen molar-refractivity contribution in [3.63, 3.8) is 0 Å². The zero-order valence-corrected chi connectivity index (χ0v) is 12.9. The van der Waals surface area contributed by atoms with Gasteiger partial charge in [-0.15, -0.1) is 0 Å². The molecule has 15 heavy (non-hydrogen) atoms. The van der Waals surface area contributed by atoms with Gasteiger partial charge in [-0.25, -0.2) is 0 Å². The quantitative estimate of drug-likeness (QED) is 0.524. The van der Waals surface area contributed by atoms with Crippen molar-refractivity contribution in [1.29, 1.82) is 0 Å². The standard InChI is InChI=1S/C10H20O3S.Na.H/c1-7(2)9-5-4-8(3)10(6-9)14(11,12)13;;/h7-10H,4-6H2,1-3H3,(H,11,12,13);;/q;+1;-1.